The SMILES string of the molecule is NC(=O)[C@@H]1CC[C@H](S)CN1C(=O)OCc1ccccc1[N+](=O)[O-]. The average Bonchev–Trinajstić information content (AvgIpc) is 2.52. The number of nitrogens with zero attached hydrogens (tertiary/aromatic N) is 2. The predicted molar refractivity (Wildman–Crippen MR) is 85.0 cm³/mol. The van der Waals surface area contributed by atoms with Crippen LogP contribution in [-0.4, -0.2) is 39.7 Å². The molecule has 124 valence electrons. The van der Waals surface area contributed by atoms with E-state index in [1.807, 2.05) is 0 Å². The lowest BCUT2D eigenvalue weighted by molar-refractivity contribution is -0.385. The van der Waals surface area contributed by atoms with Crippen molar-refractivity contribution in [3.8, 4) is 0 Å². The molecule has 23 heavy (non-hydrogen) atoms. The molecule has 0 aliphatic carbocycles. The van der Waals surface area contributed by atoms with Crippen molar-refractivity contribution in [2.24, 2.45) is 5.73 Å². The first-order valence-electron chi connectivity index (χ1n) is 7.03. The monoisotopic (exact) mass is 339 g/mol. The molecular weight excluding hydrogens is 322 g/mol. The highest BCUT2D eigenvalue weighted by atomic mass is 32.1. The van der Waals surface area contributed by atoms with Crippen molar-refractivity contribution in [1.29, 1.82) is 0 Å². The zero-order valence-corrected chi connectivity index (χ0v) is 13.1. The minimum Gasteiger partial charge on any atom is -0.444 e. The van der Waals surface area contributed by atoms with Gasteiger partial charge in [-0.1, -0.05) is 12.1 Å². The number of amides is 2. The Labute approximate surface area is 138 Å². The minimum absolute atomic E-state index is 0.0655. The second kappa shape index (κ2) is 7.32. The zero-order valence-electron chi connectivity index (χ0n) is 12.3. The Bertz CT molecular complexity index is 624. The Kier molecular flexibility index (Phi) is 5.43. The largest absolute Gasteiger partial charge is 0.444 e. The third kappa shape index (κ3) is 4.13. The van der Waals surface area contributed by atoms with Crippen LogP contribution in [0.25, 0.3) is 0 Å². The number of rotatable bonds is 4. The molecule has 2 atom stereocenters. The summed E-state index contributed by atoms with van der Waals surface area (Å²) in [5.74, 6) is -0.604. The first kappa shape index (κ1) is 17.1. The van der Waals surface area contributed by atoms with E-state index < -0.39 is 23.0 Å². The summed E-state index contributed by atoms with van der Waals surface area (Å²) in [5.41, 5.74) is 5.46. The number of nitro benzene ring substituents is 1. The molecule has 1 aliphatic heterocycles. The number of carbonyl (C=O) groups is 2. The van der Waals surface area contributed by atoms with Gasteiger partial charge in [-0.15, -0.1) is 0 Å². The standard InChI is InChI=1S/C14H17N3O5S/c15-13(18)12-6-5-10(23)7-16(12)14(19)22-8-9-3-1-2-4-11(9)17(20)21/h1-4,10,12,23H,5-8H2,(H2,15,18)/t10-,12-/m0/s1. The first-order chi connectivity index (χ1) is 10.9. The Balaban J connectivity index is 2.06. The average molecular weight is 339 g/mol. The molecule has 2 rings (SSSR count). The van der Waals surface area contributed by atoms with E-state index in [4.69, 9.17) is 10.5 Å². The normalized spacial score (nSPS) is 20.8. The number of para-hydroxylation sites is 1. The maximum absolute atomic E-state index is 12.2. The summed E-state index contributed by atoms with van der Waals surface area (Å²) in [5, 5.41) is 10.9. The number of piperidine rings is 1. The van der Waals surface area contributed by atoms with Gasteiger partial charge in [0.1, 0.15) is 12.6 Å². The van der Waals surface area contributed by atoms with Crippen molar-refractivity contribution in [2.45, 2.75) is 30.7 Å². The van der Waals surface area contributed by atoms with Gasteiger partial charge in [0.25, 0.3) is 5.69 Å². The summed E-state index contributed by atoms with van der Waals surface area (Å²) in [6.45, 7) is -0.0123. The summed E-state index contributed by atoms with van der Waals surface area (Å²) >= 11 is 4.31. The fourth-order valence-corrected chi connectivity index (χ4v) is 2.81. The van der Waals surface area contributed by atoms with Crippen LogP contribution in [-0.2, 0) is 16.1 Å². The highest BCUT2D eigenvalue weighted by Crippen LogP contribution is 2.23. The van der Waals surface area contributed by atoms with E-state index in [1.165, 1.54) is 23.1 Å². The number of thiol groups is 1. The van der Waals surface area contributed by atoms with Crippen LogP contribution in [0.3, 0.4) is 0 Å². The highest BCUT2D eigenvalue weighted by Gasteiger charge is 2.34. The van der Waals surface area contributed by atoms with Crippen molar-refractivity contribution in [2.75, 3.05) is 6.54 Å². The topological polar surface area (TPSA) is 116 Å². The van der Waals surface area contributed by atoms with Gasteiger partial charge < -0.3 is 10.5 Å². The molecule has 0 bridgehead atoms. The highest BCUT2D eigenvalue weighted by molar-refractivity contribution is 7.81. The van der Waals surface area contributed by atoms with Crippen LogP contribution in [0.4, 0.5) is 10.5 Å². The second-order valence-electron chi connectivity index (χ2n) is 5.24. The maximum Gasteiger partial charge on any atom is 0.410 e. The molecule has 0 radical (unpaired) electrons. The van der Waals surface area contributed by atoms with Gasteiger partial charge in [-0.2, -0.15) is 12.6 Å². The molecule has 9 heteroatoms. The van der Waals surface area contributed by atoms with E-state index in [0.29, 0.717) is 12.8 Å². The molecule has 1 aromatic rings. The lowest BCUT2D eigenvalue weighted by Crippen LogP contribution is -2.53. The van der Waals surface area contributed by atoms with E-state index in [1.54, 1.807) is 6.07 Å². The smallest absolute Gasteiger partial charge is 0.410 e. The number of ether oxygens (including phenoxy) is 1. The van der Waals surface area contributed by atoms with Crippen LogP contribution in [0.2, 0.25) is 0 Å². The summed E-state index contributed by atoms with van der Waals surface area (Å²) in [6.07, 6.45) is 0.361. The molecule has 2 amide bonds. The fourth-order valence-electron chi connectivity index (χ4n) is 2.48. The van der Waals surface area contributed by atoms with Crippen LogP contribution in [0.15, 0.2) is 24.3 Å². The van der Waals surface area contributed by atoms with E-state index in [0.717, 1.165) is 0 Å². The van der Waals surface area contributed by atoms with Gasteiger partial charge in [0, 0.05) is 17.9 Å². The third-order valence-corrected chi connectivity index (χ3v) is 4.08. The van der Waals surface area contributed by atoms with Crippen molar-refractivity contribution in [3.63, 3.8) is 0 Å². The molecule has 0 spiro atoms. The van der Waals surface area contributed by atoms with Gasteiger partial charge >= 0.3 is 6.09 Å². The van der Waals surface area contributed by atoms with Crippen LogP contribution < -0.4 is 5.73 Å². The lowest BCUT2D eigenvalue weighted by Gasteiger charge is -2.35. The van der Waals surface area contributed by atoms with Crippen LogP contribution in [0.1, 0.15) is 18.4 Å². The van der Waals surface area contributed by atoms with Gasteiger partial charge in [0.05, 0.1) is 10.5 Å². The number of hydrogen-bond acceptors (Lipinski definition) is 6. The predicted octanol–water partition coefficient (Wildman–Crippen LogP) is 1.48. The number of likely N-dealkylation sites (tertiary alicyclic amines) is 1. The summed E-state index contributed by atoms with van der Waals surface area (Å²) < 4.78 is 5.13. The molecule has 1 heterocycles. The van der Waals surface area contributed by atoms with E-state index in [2.05, 4.69) is 12.6 Å². The molecule has 8 nitrogen and oxygen atoms in total. The Morgan fingerprint density at radius 3 is 2.74 bits per heavy atom. The quantitative estimate of drug-likeness (QED) is 0.490. The minimum atomic E-state index is -0.739. The molecule has 1 aromatic carbocycles. The zero-order chi connectivity index (χ0) is 17.0. The van der Waals surface area contributed by atoms with Crippen LogP contribution >= 0.6 is 12.6 Å². The first-order valence-corrected chi connectivity index (χ1v) is 7.55. The molecule has 0 aromatic heterocycles. The number of hydrogen-bond donors (Lipinski definition) is 2. The summed E-state index contributed by atoms with van der Waals surface area (Å²) in [6, 6.07) is 5.25. The molecular formula is C14H17N3O5S. The Morgan fingerprint density at radius 1 is 1.39 bits per heavy atom. The van der Waals surface area contributed by atoms with Crippen molar-refractivity contribution in [1.82, 2.24) is 4.90 Å². The Hall–Kier alpha value is -2.29. The number of primary amides is 1. The van der Waals surface area contributed by atoms with Gasteiger partial charge in [-0.05, 0) is 18.9 Å². The molecule has 0 saturated carbocycles. The summed E-state index contributed by atoms with van der Waals surface area (Å²) in [4.78, 5) is 35.3. The van der Waals surface area contributed by atoms with E-state index in [9.17, 15) is 19.7 Å². The van der Waals surface area contributed by atoms with Crippen LogP contribution in [0, 0.1) is 10.1 Å². The molecule has 2 N–H and O–H groups in total. The van der Waals surface area contributed by atoms with E-state index >= 15 is 0 Å². The fraction of sp³-hybridized carbons (Fsp3) is 0.429. The van der Waals surface area contributed by atoms with Crippen molar-refractivity contribution < 1.29 is 19.2 Å². The molecule has 1 aliphatic rings. The van der Waals surface area contributed by atoms with Gasteiger partial charge in [0.2, 0.25) is 5.91 Å². The van der Waals surface area contributed by atoms with Gasteiger partial charge in [-0.3, -0.25) is 19.8 Å². The maximum atomic E-state index is 12.2. The lowest BCUT2D eigenvalue weighted by atomic mass is 10.0. The van der Waals surface area contributed by atoms with Crippen molar-refractivity contribution >= 4 is 30.3 Å². The Morgan fingerprint density at radius 2 is 2.09 bits per heavy atom. The van der Waals surface area contributed by atoms with Crippen molar-refractivity contribution in [3.05, 3.63) is 39.9 Å². The van der Waals surface area contributed by atoms with Gasteiger partial charge in [0.15, 0.2) is 0 Å². The number of nitro groups is 1. The van der Waals surface area contributed by atoms with E-state index in [-0.39, 0.29) is 29.7 Å². The second-order valence-corrected chi connectivity index (χ2v) is 5.97. The van der Waals surface area contributed by atoms with Crippen LogP contribution in [0.5, 0.6) is 0 Å². The molecule has 1 fully saturated rings. The molecule has 0 unspecified atom stereocenters. The third-order valence-electron chi connectivity index (χ3n) is 3.66. The van der Waals surface area contributed by atoms with Gasteiger partial charge in [-0.25, -0.2) is 4.79 Å². The number of benzene rings is 1. The molecule has 1 saturated heterocycles. The number of carbonyl (C=O) groups excluding carboxylic acids is 2. The summed E-state index contributed by atoms with van der Waals surface area (Å²) in [7, 11) is 0. The number of nitrogens with two attached hydrogens (primary N) is 1.